The lowest BCUT2D eigenvalue weighted by atomic mass is 10.1. The lowest BCUT2D eigenvalue weighted by Gasteiger charge is -2.23. The summed E-state index contributed by atoms with van der Waals surface area (Å²) in [7, 11) is 2.04. The number of rotatable bonds is 2. The van der Waals surface area contributed by atoms with Crippen molar-refractivity contribution in [2.24, 2.45) is 0 Å². The van der Waals surface area contributed by atoms with Crippen LogP contribution < -0.4 is 10.6 Å². The molecule has 0 spiro atoms. The molecule has 0 atom stereocenters. The zero-order chi connectivity index (χ0) is 12.4. The lowest BCUT2D eigenvalue weighted by molar-refractivity contribution is 1.18. The Kier molecular flexibility index (Phi) is 3.05. The molecular formula is C15H18N2. The Morgan fingerprint density at radius 1 is 0.941 bits per heavy atom. The summed E-state index contributed by atoms with van der Waals surface area (Å²) < 4.78 is 0. The molecular weight excluding hydrogens is 208 g/mol. The smallest absolute Gasteiger partial charge is 0.0642 e. The van der Waals surface area contributed by atoms with Crippen molar-refractivity contribution < 1.29 is 0 Å². The summed E-state index contributed by atoms with van der Waals surface area (Å²) in [6.07, 6.45) is 0. The second kappa shape index (κ2) is 4.50. The molecule has 0 saturated heterocycles. The molecule has 88 valence electrons. The summed E-state index contributed by atoms with van der Waals surface area (Å²) in [5.41, 5.74) is 11.5. The van der Waals surface area contributed by atoms with Crippen LogP contribution in [0.15, 0.2) is 42.5 Å². The number of benzene rings is 2. The maximum atomic E-state index is 6.07. The van der Waals surface area contributed by atoms with Crippen LogP contribution in [0.4, 0.5) is 17.1 Å². The van der Waals surface area contributed by atoms with Crippen LogP contribution in [0.3, 0.4) is 0 Å². The minimum atomic E-state index is 0.816. The Labute approximate surface area is 103 Å². The van der Waals surface area contributed by atoms with Crippen molar-refractivity contribution in [2.75, 3.05) is 17.7 Å². The Bertz CT molecular complexity index is 532. The first-order valence-electron chi connectivity index (χ1n) is 5.75. The van der Waals surface area contributed by atoms with Crippen molar-refractivity contribution in [1.82, 2.24) is 0 Å². The van der Waals surface area contributed by atoms with E-state index in [1.165, 1.54) is 16.8 Å². The second-order valence-corrected chi connectivity index (χ2v) is 4.41. The van der Waals surface area contributed by atoms with Gasteiger partial charge in [-0.25, -0.2) is 0 Å². The molecule has 0 aliphatic carbocycles. The van der Waals surface area contributed by atoms with Gasteiger partial charge in [0.15, 0.2) is 0 Å². The van der Waals surface area contributed by atoms with Crippen LogP contribution in [-0.2, 0) is 0 Å². The number of nitrogens with two attached hydrogens (primary N) is 1. The van der Waals surface area contributed by atoms with Gasteiger partial charge in [-0.3, -0.25) is 0 Å². The van der Waals surface area contributed by atoms with Crippen LogP contribution in [0.25, 0.3) is 0 Å². The molecule has 0 aliphatic heterocycles. The van der Waals surface area contributed by atoms with E-state index in [0.717, 1.165) is 11.4 Å². The first kappa shape index (κ1) is 11.5. The Morgan fingerprint density at radius 2 is 1.65 bits per heavy atom. The number of aryl methyl sites for hydroxylation is 2. The van der Waals surface area contributed by atoms with Gasteiger partial charge >= 0.3 is 0 Å². The summed E-state index contributed by atoms with van der Waals surface area (Å²) >= 11 is 0. The van der Waals surface area contributed by atoms with Gasteiger partial charge in [-0.05, 0) is 43.2 Å². The van der Waals surface area contributed by atoms with E-state index in [-0.39, 0.29) is 0 Å². The molecule has 0 unspecified atom stereocenters. The van der Waals surface area contributed by atoms with Crippen LogP contribution in [0, 0.1) is 13.8 Å². The largest absolute Gasteiger partial charge is 0.397 e. The molecule has 0 bridgehead atoms. The van der Waals surface area contributed by atoms with E-state index in [2.05, 4.69) is 36.1 Å². The molecule has 2 N–H and O–H groups in total. The van der Waals surface area contributed by atoms with E-state index < -0.39 is 0 Å². The van der Waals surface area contributed by atoms with Gasteiger partial charge < -0.3 is 10.6 Å². The molecule has 2 aromatic carbocycles. The van der Waals surface area contributed by atoms with E-state index in [1.807, 2.05) is 32.2 Å². The number of para-hydroxylation sites is 1. The summed E-state index contributed by atoms with van der Waals surface area (Å²) in [6, 6.07) is 14.5. The average molecular weight is 226 g/mol. The highest BCUT2D eigenvalue weighted by atomic mass is 15.1. The van der Waals surface area contributed by atoms with Crippen molar-refractivity contribution >= 4 is 17.1 Å². The van der Waals surface area contributed by atoms with Gasteiger partial charge in [0.2, 0.25) is 0 Å². The lowest BCUT2D eigenvalue weighted by Crippen LogP contribution is -2.12. The molecule has 0 heterocycles. The molecule has 0 amide bonds. The highest BCUT2D eigenvalue weighted by Crippen LogP contribution is 2.31. The van der Waals surface area contributed by atoms with Crippen molar-refractivity contribution in [3.8, 4) is 0 Å². The van der Waals surface area contributed by atoms with Gasteiger partial charge in [-0.1, -0.05) is 24.3 Å². The van der Waals surface area contributed by atoms with Gasteiger partial charge in [0.25, 0.3) is 0 Å². The molecule has 0 saturated carbocycles. The van der Waals surface area contributed by atoms with Gasteiger partial charge in [-0.2, -0.15) is 0 Å². The maximum Gasteiger partial charge on any atom is 0.0642 e. The van der Waals surface area contributed by atoms with E-state index in [4.69, 9.17) is 5.73 Å². The van der Waals surface area contributed by atoms with E-state index in [0.29, 0.717) is 0 Å². The van der Waals surface area contributed by atoms with Crippen LogP contribution in [-0.4, -0.2) is 7.05 Å². The third-order valence-electron chi connectivity index (χ3n) is 3.02. The minimum Gasteiger partial charge on any atom is -0.397 e. The Morgan fingerprint density at radius 3 is 2.29 bits per heavy atom. The Balaban J connectivity index is 2.44. The minimum absolute atomic E-state index is 0.816. The highest BCUT2D eigenvalue weighted by Gasteiger charge is 2.09. The monoisotopic (exact) mass is 226 g/mol. The molecule has 2 rings (SSSR count). The molecule has 2 aromatic rings. The fraction of sp³-hybridized carbons (Fsp3) is 0.200. The highest BCUT2D eigenvalue weighted by molar-refractivity contribution is 5.76. The molecule has 0 radical (unpaired) electrons. The number of hydrogen-bond donors (Lipinski definition) is 1. The summed E-state index contributed by atoms with van der Waals surface area (Å²) in [6.45, 7) is 4.16. The van der Waals surface area contributed by atoms with Gasteiger partial charge in [0, 0.05) is 12.7 Å². The normalized spacial score (nSPS) is 10.3. The quantitative estimate of drug-likeness (QED) is 0.792. The molecule has 17 heavy (non-hydrogen) atoms. The van der Waals surface area contributed by atoms with Crippen LogP contribution in [0.1, 0.15) is 11.1 Å². The standard InChI is InChI=1S/C15H18N2/c1-11-8-9-15(13(16)10-11)17(3)14-7-5-4-6-12(14)2/h4-10H,16H2,1-3H3. The molecule has 0 fully saturated rings. The first-order valence-corrected chi connectivity index (χ1v) is 5.75. The van der Waals surface area contributed by atoms with Crippen molar-refractivity contribution in [1.29, 1.82) is 0 Å². The zero-order valence-corrected chi connectivity index (χ0v) is 10.6. The van der Waals surface area contributed by atoms with Gasteiger partial charge in [-0.15, -0.1) is 0 Å². The first-order chi connectivity index (χ1) is 8.09. The van der Waals surface area contributed by atoms with Gasteiger partial charge in [0.1, 0.15) is 0 Å². The topological polar surface area (TPSA) is 29.3 Å². The van der Waals surface area contributed by atoms with Crippen LogP contribution >= 0.6 is 0 Å². The average Bonchev–Trinajstić information content (AvgIpc) is 2.29. The zero-order valence-electron chi connectivity index (χ0n) is 10.6. The Hall–Kier alpha value is -1.96. The fourth-order valence-corrected chi connectivity index (χ4v) is 2.05. The predicted octanol–water partition coefficient (Wildman–Crippen LogP) is 3.65. The number of nitrogens with zero attached hydrogens (tertiary/aromatic N) is 1. The van der Waals surface area contributed by atoms with Crippen molar-refractivity contribution in [2.45, 2.75) is 13.8 Å². The molecule has 0 aromatic heterocycles. The third-order valence-corrected chi connectivity index (χ3v) is 3.02. The fourth-order valence-electron chi connectivity index (χ4n) is 2.05. The molecule has 2 nitrogen and oxygen atoms in total. The maximum absolute atomic E-state index is 6.07. The molecule has 0 aliphatic rings. The number of anilines is 3. The van der Waals surface area contributed by atoms with Crippen LogP contribution in [0.2, 0.25) is 0 Å². The summed E-state index contributed by atoms with van der Waals surface area (Å²) in [5.74, 6) is 0. The molecule has 2 heteroatoms. The van der Waals surface area contributed by atoms with E-state index in [1.54, 1.807) is 0 Å². The summed E-state index contributed by atoms with van der Waals surface area (Å²) in [5, 5.41) is 0. The SMILES string of the molecule is Cc1ccc(N(C)c2ccccc2C)c(N)c1. The van der Waals surface area contributed by atoms with Crippen molar-refractivity contribution in [3.63, 3.8) is 0 Å². The van der Waals surface area contributed by atoms with Gasteiger partial charge in [0.05, 0.1) is 11.4 Å². The summed E-state index contributed by atoms with van der Waals surface area (Å²) in [4.78, 5) is 2.13. The second-order valence-electron chi connectivity index (χ2n) is 4.41. The predicted molar refractivity (Wildman–Crippen MR) is 74.8 cm³/mol. The van der Waals surface area contributed by atoms with E-state index in [9.17, 15) is 0 Å². The van der Waals surface area contributed by atoms with Crippen LogP contribution in [0.5, 0.6) is 0 Å². The third kappa shape index (κ3) is 2.26. The number of hydrogen-bond acceptors (Lipinski definition) is 2. The van der Waals surface area contributed by atoms with Crippen molar-refractivity contribution in [3.05, 3.63) is 53.6 Å². The number of nitrogen functional groups attached to an aromatic ring is 1. The van der Waals surface area contributed by atoms with E-state index >= 15 is 0 Å².